The first-order valence-electron chi connectivity index (χ1n) is 11.6. The monoisotopic (exact) mass is 438 g/mol. The van der Waals surface area contributed by atoms with Gasteiger partial charge >= 0.3 is 6.03 Å². The molecule has 1 aromatic carbocycles. The molecule has 3 aliphatic rings. The number of hydrogen-bond acceptors (Lipinski definition) is 6. The number of hydrogen-bond donors (Lipinski definition) is 0. The summed E-state index contributed by atoms with van der Waals surface area (Å²) in [5, 5.41) is 0. The van der Waals surface area contributed by atoms with Crippen molar-refractivity contribution in [3.8, 4) is 0 Å². The van der Waals surface area contributed by atoms with Crippen LogP contribution in [0.4, 0.5) is 4.79 Å². The molecule has 0 aliphatic carbocycles. The second kappa shape index (κ2) is 9.32. The number of amides is 3. The van der Waals surface area contributed by atoms with E-state index in [-0.39, 0.29) is 11.9 Å². The fourth-order valence-electron chi connectivity index (χ4n) is 4.75. The molecule has 8 nitrogen and oxygen atoms in total. The first-order chi connectivity index (χ1) is 15.5. The maximum atomic E-state index is 13.4. The lowest BCUT2D eigenvalue weighted by atomic mass is 10.1. The highest BCUT2D eigenvalue weighted by Crippen LogP contribution is 2.33. The number of aliphatic imine (C=N–C) groups is 1. The van der Waals surface area contributed by atoms with Gasteiger partial charge in [-0.05, 0) is 38.4 Å². The molecule has 3 amide bonds. The van der Waals surface area contributed by atoms with Crippen LogP contribution in [0.15, 0.2) is 47.2 Å². The van der Waals surface area contributed by atoms with Gasteiger partial charge in [0.1, 0.15) is 0 Å². The number of aryl methyl sites for hydroxylation is 1. The number of urea groups is 1. The van der Waals surface area contributed by atoms with Gasteiger partial charge in [-0.1, -0.05) is 44.2 Å². The van der Waals surface area contributed by atoms with E-state index >= 15 is 0 Å². The Labute approximate surface area is 190 Å². The molecule has 0 N–H and O–H groups in total. The number of nitrogens with zero attached hydrogens (tertiary/aromatic N) is 6. The lowest BCUT2D eigenvalue weighted by molar-refractivity contribution is -0.136. The molecule has 0 aromatic heterocycles. The van der Waals surface area contributed by atoms with Crippen LogP contribution in [0.1, 0.15) is 32.8 Å². The molecule has 1 aromatic rings. The molecule has 8 heteroatoms. The molecular formula is C24H34N6O2. The maximum absolute atomic E-state index is 13.4. The van der Waals surface area contributed by atoms with Crippen LogP contribution in [-0.2, 0) is 11.2 Å². The Morgan fingerprint density at radius 3 is 2.44 bits per heavy atom. The molecule has 0 bridgehead atoms. The van der Waals surface area contributed by atoms with Gasteiger partial charge in [-0.15, -0.1) is 0 Å². The normalized spacial score (nSPS) is 22.5. The Morgan fingerprint density at radius 1 is 1.03 bits per heavy atom. The number of carbonyl (C=O) groups excluding carboxylic acids is 2. The second-order valence-corrected chi connectivity index (χ2v) is 8.62. The van der Waals surface area contributed by atoms with Crippen LogP contribution in [0.25, 0.3) is 0 Å². The first-order valence-corrected chi connectivity index (χ1v) is 11.6. The Kier molecular flexibility index (Phi) is 6.50. The van der Waals surface area contributed by atoms with Gasteiger partial charge in [0.2, 0.25) is 5.96 Å². The summed E-state index contributed by atoms with van der Waals surface area (Å²) in [6.45, 7) is 10.5. The van der Waals surface area contributed by atoms with Crippen molar-refractivity contribution in [1.82, 2.24) is 24.5 Å². The van der Waals surface area contributed by atoms with Crippen molar-refractivity contribution in [1.29, 1.82) is 0 Å². The van der Waals surface area contributed by atoms with E-state index in [1.54, 1.807) is 11.9 Å². The smallest absolute Gasteiger partial charge is 0.313 e. The van der Waals surface area contributed by atoms with Crippen molar-refractivity contribution < 1.29 is 9.59 Å². The quantitative estimate of drug-likeness (QED) is 0.593. The van der Waals surface area contributed by atoms with Crippen LogP contribution in [0, 0.1) is 0 Å². The van der Waals surface area contributed by atoms with Crippen LogP contribution in [0.3, 0.4) is 0 Å². The molecule has 3 heterocycles. The first kappa shape index (κ1) is 22.3. The van der Waals surface area contributed by atoms with Crippen LogP contribution in [0.5, 0.6) is 0 Å². The van der Waals surface area contributed by atoms with E-state index in [1.165, 1.54) is 10.5 Å². The van der Waals surface area contributed by atoms with Gasteiger partial charge in [-0.25, -0.2) is 9.79 Å². The van der Waals surface area contributed by atoms with Gasteiger partial charge in [0, 0.05) is 38.6 Å². The molecule has 4 rings (SSSR count). The molecule has 1 saturated heterocycles. The molecular weight excluding hydrogens is 404 g/mol. The lowest BCUT2D eigenvalue weighted by Gasteiger charge is -2.40. The summed E-state index contributed by atoms with van der Waals surface area (Å²) in [5.41, 5.74) is 2.29. The molecule has 2 unspecified atom stereocenters. The average molecular weight is 439 g/mol. The van der Waals surface area contributed by atoms with Crippen molar-refractivity contribution in [2.75, 3.05) is 39.8 Å². The van der Waals surface area contributed by atoms with Crippen molar-refractivity contribution in [3.63, 3.8) is 0 Å². The van der Waals surface area contributed by atoms with Gasteiger partial charge in [-0.3, -0.25) is 9.69 Å². The molecule has 0 radical (unpaired) electrons. The number of allylic oxidation sites excluding steroid dienone is 1. The molecule has 0 spiro atoms. The highest BCUT2D eigenvalue weighted by molar-refractivity contribution is 6.04. The molecule has 32 heavy (non-hydrogen) atoms. The number of likely N-dealkylation sites (N-methyl/N-ethyl adjacent to an activating group) is 2. The third-order valence-electron chi connectivity index (χ3n) is 6.73. The zero-order valence-corrected chi connectivity index (χ0v) is 19.6. The summed E-state index contributed by atoms with van der Waals surface area (Å²) in [7, 11) is 1.75. The molecule has 0 saturated carbocycles. The Morgan fingerprint density at radius 2 is 1.75 bits per heavy atom. The summed E-state index contributed by atoms with van der Waals surface area (Å²) >= 11 is 0. The van der Waals surface area contributed by atoms with Crippen LogP contribution < -0.4 is 0 Å². The minimum atomic E-state index is -0.488. The predicted octanol–water partition coefficient (Wildman–Crippen LogP) is 2.40. The van der Waals surface area contributed by atoms with Gasteiger partial charge in [-0.2, -0.15) is 0 Å². The Hall–Kier alpha value is -2.87. The van der Waals surface area contributed by atoms with Crippen molar-refractivity contribution in [3.05, 3.63) is 47.8 Å². The molecule has 2 atom stereocenters. The summed E-state index contributed by atoms with van der Waals surface area (Å²) < 4.78 is 0. The molecule has 172 valence electrons. The number of benzene rings is 1. The predicted molar refractivity (Wildman–Crippen MR) is 125 cm³/mol. The average Bonchev–Trinajstić information content (AvgIpc) is 3.31. The number of rotatable bonds is 9. The van der Waals surface area contributed by atoms with E-state index in [9.17, 15) is 9.59 Å². The SMILES string of the molecule is CCN(CC)CCN1C(C)=CN2C1=NC1C2C(=O)N(CCCc2ccccc2)C(=O)N1C. The van der Waals surface area contributed by atoms with Crippen molar-refractivity contribution in [2.24, 2.45) is 4.99 Å². The number of carbonyl (C=O) groups is 2. The topological polar surface area (TPSA) is 62.7 Å². The standard InChI is InChI=1S/C24H34N6O2/c1-5-27(6-2)15-16-28-18(3)17-30-20-21(25-23(28)30)26(4)24(32)29(22(20)31)14-10-13-19-11-8-7-9-12-19/h7-9,11-12,17,20-21H,5-6,10,13-16H2,1-4H3. The minimum absolute atomic E-state index is 0.153. The second-order valence-electron chi connectivity index (χ2n) is 8.62. The lowest BCUT2D eigenvalue weighted by Crippen LogP contribution is -2.64. The third kappa shape index (κ3) is 3.99. The molecule has 1 fully saturated rings. The number of guanidine groups is 1. The summed E-state index contributed by atoms with van der Waals surface area (Å²) in [6.07, 6.45) is 3.11. The van der Waals surface area contributed by atoms with E-state index in [1.807, 2.05) is 29.3 Å². The Balaban J connectivity index is 1.45. The van der Waals surface area contributed by atoms with Gasteiger partial charge in [0.15, 0.2) is 12.2 Å². The fourth-order valence-corrected chi connectivity index (χ4v) is 4.75. The molecule has 3 aliphatic heterocycles. The Bertz CT molecular complexity index is 910. The fraction of sp³-hybridized carbons (Fsp3) is 0.542. The van der Waals surface area contributed by atoms with E-state index in [4.69, 9.17) is 4.99 Å². The van der Waals surface area contributed by atoms with E-state index in [0.717, 1.165) is 50.7 Å². The summed E-state index contributed by atoms with van der Waals surface area (Å²) in [6, 6.07) is 9.41. The zero-order valence-electron chi connectivity index (χ0n) is 19.6. The summed E-state index contributed by atoms with van der Waals surface area (Å²) in [4.78, 5) is 40.8. The van der Waals surface area contributed by atoms with E-state index in [0.29, 0.717) is 6.54 Å². The van der Waals surface area contributed by atoms with Gasteiger partial charge < -0.3 is 19.6 Å². The van der Waals surface area contributed by atoms with Crippen LogP contribution in [0.2, 0.25) is 0 Å². The highest BCUT2D eigenvalue weighted by Gasteiger charge is 2.54. The van der Waals surface area contributed by atoms with Crippen molar-refractivity contribution >= 4 is 17.9 Å². The van der Waals surface area contributed by atoms with Crippen molar-refractivity contribution in [2.45, 2.75) is 45.8 Å². The van der Waals surface area contributed by atoms with Gasteiger partial charge in [0.05, 0.1) is 0 Å². The zero-order chi connectivity index (χ0) is 22.8. The maximum Gasteiger partial charge on any atom is 0.328 e. The van der Waals surface area contributed by atoms with Crippen LogP contribution in [-0.4, -0.2) is 94.4 Å². The van der Waals surface area contributed by atoms with E-state index in [2.05, 4.69) is 42.7 Å². The number of fused-ring (bicyclic) bond motifs is 3. The number of imide groups is 1. The highest BCUT2D eigenvalue weighted by atomic mass is 16.2. The van der Waals surface area contributed by atoms with E-state index < -0.39 is 12.2 Å². The minimum Gasteiger partial charge on any atom is -0.313 e. The van der Waals surface area contributed by atoms with Crippen LogP contribution >= 0.6 is 0 Å². The summed E-state index contributed by atoms with van der Waals surface area (Å²) in [5.74, 6) is 0.628. The third-order valence-corrected chi connectivity index (χ3v) is 6.73. The van der Waals surface area contributed by atoms with Gasteiger partial charge in [0.25, 0.3) is 5.91 Å². The largest absolute Gasteiger partial charge is 0.328 e.